The fraction of sp³-hybridized carbons (Fsp3) is 0. The first kappa shape index (κ1) is 18.9. The van der Waals surface area contributed by atoms with Gasteiger partial charge in [0.15, 0.2) is 0 Å². The van der Waals surface area contributed by atoms with Crippen LogP contribution in [0.4, 0.5) is 0 Å². The number of benzene rings is 3. The zero-order valence-electron chi connectivity index (χ0n) is 14.0. The lowest BCUT2D eigenvalue weighted by Gasteiger charge is -1.85. The Labute approximate surface area is 146 Å². The molecule has 0 radical (unpaired) electrons. The second-order valence-corrected chi connectivity index (χ2v) is 4.84. The third kappa shape index (κ3) is 8.35. The van der Waals surface area contributed by atoms with E-state index in [-0.39, 0.29) is 0 Å². The molecule has 0 unspecified atom stereocenters. The molecule has 0 heteroatoms. The highest BCUT2D eigenvalue weighted by Gasteiger charge is 1.77. The van der Waals surface area contributed by atoms with Gasteiger partial charge in [-0.2, -0.15) is 0 Å². The second kappa shape index (κ2) is 12.4. The van der Waals surface area contributed by atoms with Gasteiger partial charge in [-0.15, -0.1) is 0 Å². The van der Waals surface area contributed by atoms with Crippen LogP contribution in [0.25, 0.3) is 18.2 Å². The Morgan fingerprint density at radius 3 is 0.708 bits per heavy atom. The molecule has 3 aromatic rings. The third-order valence-corrected chi connectivity index (χ3v) is 3.11. The molecule has 0 heterocycles. The van der Waals surface area contributed by atoms with E-state index >= 15 is 0 Å². The average Bonchev–Trinajstić information content (AvgIpc) is 2.71. The fourth-order valence-corrected chi connectivity index (χ4v) is 1.77. The third-order valence-electron chi connectivity index (χ3n) is 3.11. The summed E-state index contributed by atoms with van der Waals surface area (Å²) in [5.74, 6) is 0. The maximum Gasteiger partial charge on any atom is -0.0263 e. The van der Waals surface area contributed by atoms with Crippen molar-refractivity contribution in [3.05, 3.63) is 127 Å². The highest BCUT2D eigenvalue weighted by molar-refractivity contribution is 5.46. The molecule has 0 atom stereocenters. The van der Waals surface area contributed by atoms with E-state index in [4.69, 9.17) is 0 Å². The molecular weight excluding hydrogens is 288 g/mol. The maximum atomic E-state index is 3.63. The van der Waals surface area contributed by atoms with Crippen molar-refractivity contribution in [1.29, 1.82) is 0 Å². The average molecular weight is 312 g/mol. The summed E-state index contributed by atoms with van der Waals surface area (Å²) < 4.78 is 0. The van der Waals surface area contributed by atoms with Gasteiger partial charge >= 0.3 is 0 Å². The molecule has 24 heavy (non-hydrogen) atoms. The molecule has 0 nitrogen and oxygen atoms in total. The molecule has 0 N–H and O–H groups in total. The first-order valence-corrected chi connectivity index (χ1v) is 7.82. The van der Waals surface area contributed by atoms with Crippen LogP contribution in [-0.2, 0) is 0 Å². The highest BCUT2D eigenvalue weighted by Crippen LogP contribution is 1.98. The van der Waals surface area contributed by atoms with Gasteiger partial charge in [0.1, 0.15) is 0 Å². The van der Waals surface area contributed by atoms with Gasteiger partial charge in [0.25, 0.3) is 0 Å². The maximum absolute atomic E-state index is 3.63. The van der Waals surface area contributed by atoms with Crippen molar-refractivity contribution < 1.29 is 0 Å². The van der Waals surface area contributed by atoms with Crippen LogP contribution in [0.15, 0.2) is 111 Å². The fourth-order valence-electron chi connectivity index (χ4n) is 1.77. The molecule has 0 aliphatic heterocycles. The van der Waals surface area contributed by atoms with Crippen LogP contribution in [0, 0.1) is 0 Å². The Morgan fingerprint density at radius 1 is 0.375 bits per heavy atom. The summed E-state index contributed by atoms with van der Waals surface area (Å²) in [7, 11) is 0. The summed E-state index contributed by atoms with van der Waals surface area (Å²) >= 11 is 0. The van der Waals surface area contributed by atoms with E-state index in [9.17, 15) is 0 Å². The van der Waals surface area contributed by atoms with Crippen LogP contribution in [0.5, 0.6) is 0 Å². The Morgan fingerprint density at radius 2 is 0.583 bits per heavy atom. The normalized spacial score (nSPS) is 8.50. The molecule has 0 bridgehead atoms. The van der Waals surface area contributed by atoms with Crippen molar-refractivity contribution in [2.45, 2.75) is 0 Å². The minimum atomic E-state index is 1.17. The van der Waals surface area contributed by atoms with Crippen LogP contribution in [0.3, 0.4) is 0 Å². The van der Waals surface area contributed by atoms with Crippen molar-refractivity contribution in [1.82, 2.24) is 0 Å². The zero-order valence-corrected chi connectivity index (χ0v) is 14.0. The van der Waals surface area contributed by atoms with E-state index in [0.717, 1.165) is 0 Å². The molecule has 0 amide bonds. The minimum absolute atomic E-state index is 1.17. The number of hydrogen-bond acceptors (Lipinski definition) is 0. The summed E-state index contributed by atoms with van der Waals surface area (Å²) in [4.78, 5) is 0. The van der Waals surface area contributed by atoms with E-state index < -0.39 is 0 Å². The summed E-state index contributed by atoms with van der Waals surface area (Å²) in [6.07, 6.45) is 5.50. The van der Waals surface area contributed by atoms with Crippen molar-refractivity contribution in [2.24, 2.45) is 0 Å². The zero-order chi connectivity index (χ0) is 17.5. The lowest BCUT2D eigenvalue weighted by molar-refractivity contribution is 1.67. The number of hydrogen-bond donors (Lipinski definition) is 0. The lowest BCUT2D eigenvalue weighted by Crippen LogP contribution is -1.63. The Hall–Kier alpha value is -3.12. The van der Waals surface area contributed by atoms with Gasteiger partial charge in [-0.3, -0.25) is 0 Å². The van der Waals surface area contributed by atoms with Crippen molar-refractivity contribution in [2.75, 3.05) is 0 Å². The second-order valence-electron chi connectivity index (χ2n) is 4.84. The molecule has 3 aromatic carbocycles. The quantitative estimate of drug-likeness (QED) is 0.489. The van der Waals surface area contributed by atoms with Gasteiger partial charge in [0.05, 0.1) is 0 Å². The molecule has 0 aromatic heterocycles. The van der Waals surface area contributed by atoms with Gasteiger partial charge in [-0.25, -0.2) is 0 Å². The monoisotopic (exact) mass is 312 g/mol. The lowest BCUT2D eigenvalue weighted by atomic mass is 10.2. The van der Waals surface area contributed by atoms with Gasteiger partial charge in [0, 0.05) is 0 Å². The highest BCUT2D eigenvalue weighted by atomic mass is 13.8. The van der Waals surface area contributed by atoms with E-state index in [0.29, 0.717) is 0 Å². The van der Waals surface area contributed by atoms with Gasteiger partial charge in [-0.05, 0) is 16.7 Å². The molecule has 0 saturated carbocycles. The van der Waals surface area contributed by atoms with Crippen LogP contribution < -0.4 is 0 Å². The van der Waals surface area contributed by atoms with E-state index in [1.807, 2.05) is 109 Å². The van der Waals surface area contributed by atoms with Gasteiger partial charge in [0.2, 0.25) is 0 Å². The Balaban J connectivity index is 0.000000180. The van der Waals surface area contributed by atoms with Crippen LogP contribution >= 0.6 is 0 Å². The molecule has 0 aliphatic rings. The number of rotatable bonds is 3. The molecule has 0 aliphatic carbocycles. The van der Waals surface area contributed by atoms with E-state index in [1.165, 1.54) is 16.7 Å². The first-order chi connectivity index (χ1) is 11.8. The smallest absolute Gasteiger partial charge is 0.0263 e. The van der Waals surface area contributed by atoms with Crippen LogP contribution in [0.1, 0.15) is 16.7 Å². The standard InChI is InChI=1S/3C8H8/c3*1-2-8-6-4-3-5-7-8/h3*2-7H,1H2. The first-order valence-electron chi connectivity index (χ1n) is 7.82. The molecule has 0 fully saturated rings. The van der Waals surface area contributed by atoms with Crippen LogP contribution in [-0.4, -0.2) is 0 Å². The Bertz CT molecular complexity index is 591. The van der Waals surface area contributed by atoms with Gasteiger partial charge in [-0.1, -0.05) is 129 Å². The molecule has 3 rings (SSSR count). The summed E-state index contributed by atoms with van der Waals surface area (Å²) in [5, 5.41) is 0. The topological polar surface area (TPSA) is 0 Å². The summed E-state index contributed by atoms with van der Waals surface area (Å²) in [5.41, 5.74) is 3.52. The minimum Gasteiger partial charge on any atom is -0.0985 e. The van der Waals surface area contributed by atoms with E-state index in [2.05, 4.69) is 19.7 Å². The summed E-state index contributed by atoms with van der Waals surface area (Å²) in [6.45, 7) is 10.9. The molecule has 0 spiro atoms. The largest absolute Gasteiger partial charge is 0.0985 e. The molecular formula is C24H24. The molecule has 120 valence electrons. The SMILES string of the molecule is C=Cc1ccccc1.C=Cc1ccccc1.C=Cc1ccccc1. The molecule has 0 saturated heterocycles. The van der Waals surface area contributed by atoms with Crippen molar-refractivity contribution in [3.63, 3.8) is 0 Å². The predicted octanol–water partition coefficient (Wildman–Crippen LogP) is 6.99. The summed E-state index contributed by atoms with van der Waals surface area (Å²) in [6, 6.07) is 30.1. The Kier molecular flexibility index (Phi) is 9.80. The van der Waals surface area contributed by atoms with Gasteiger partial charge < -0.3 is 0 Å². The van der Waals surface area contributed by atoms with Crippen molar-refractivity contribution in [3.8, 4) is 0 Å². The van der Waals surface area contributed by atoms with Crippen LogP contribution in [0.2, 0.25) is 0 Å². The van der Waals surface area contributed by atoms with Crippen molar-refractivity contribution >= 4 is 18.2 Å². The predicted molar refractivity (Wildman–Crippen MR) is 110 cm³/mol. The van der Waals surface area contributed by atoms with E-state index in [1.54, 1.807) is 0 Å².